The molecular weight excluding hydrogens is 398 g/mol. The van der Waals surface area contributed by atoms with Gasteiger partial charge in [0.1, 0.15) is 0 Å². The van der Waals surface area contributed by atoms with Crippen LogP contribution >= 0.6 is 0 Å². The van der Waals surface area contributed by atoms with Crippen LogP contribution in [0, 0.1) is 23.2 Å². The largest absolute Gasteiger partial charge is 0.349 e. The van der Waals surface area contributed by atoms with Crippen molar-refractivity contribution in [3.05, 3.63) is 65.7 Å². The van der Waals surface area contributed by atoms with Gasteiger partial charge in [-0.05, 0) is 61.4 Å². The van der Waals surface area contributed by atoms with E-state index >= 15 is 0 Å². The fourth-order valence-electron chi connectivity index (χ4n) is 4.04. The molecule has 1 atom stereocenters. The van der Waals surface area contributed by atoms with E-state index in [1.807, 2.05) is 24.3 Å². The lowest BCUT2D eigenvalue weighted by atomic mass is 9.95. The van der Waals surface area contributed by atoms with Crippen molar-refractivity contribution in [3.63, 3.8) is 0 Å². The molecule has 2 aromatic rings. The molecule has 2 fully saturated rings. The molecule has 4 rings (SSSR count). The van der Waals surface area contributed by atoms with Crippen LogP contribution in [0.2, 0.25) is 0 Å². The summed E-state index contributed by atoms with van der Waals surface area (Å²) in [4.78, 5) is 13.1. The van der Waals surface area contributed by atoms with E-state index in [1.165, 1.54) is 28.6 Å². The molecule has 156 valence electrons. The first-order valence-corrected chi connectivity index (χ1v) is 11.8. The Morgan fingerprint density at radius 3 is 2.20 bits per heavy atom. The highest BCUT2D eigenvalue weighted by atomic mass is 32.2. The van der Waals surface area contributed by atoms with Gasteiger partial charge < -0.3 is 5.32 Å². The first-order chi connectivity index (χ1) is 14.5. The number of nitriles is 1. The number of benzene rings is 2. The lowest BCUT2D eigenvalue weighted by molar-refractivity contribution is -0.127. The fourth-order valence-corrected chi connectivity index (χ4v) is 5.51. The van der Waals surface area contributed by atoms with Crippen LogP contribution in [-0.2, 0) is 14.8 Å². The van der Waals surface area contributed by atoms with Crippen LogP contribution in [0.15, 0.2) is 59.5 Å². The Hall–Kier alpha value is -2.69. The van der Waals surface area contributed by atoms with E-state index in [-0.39, 0.29) is 22.8 Å². The number of carbonyl (C=O) groups is 1. The first kappa shape index (κ1) is 20.6. The molecule has 0 bridgehead atoms. The topological polar surface area (TPSA) is 90.3 Å². The van der Waals surface area contributed by atoms with Gasteiger partial charge in [0.2, 0.25) is 15.9 Å². The zero-order chi connectivity index (χ0) is 21.1. The van der Waals surface area contributed by atoms with E-state index in [2.05, 4.69) is 17.4 Å². The van der Waals surface area contributed by atoms with E-state index in [0.717, 1.165) is 18.4 Å². The monoisotopic (exact) mass is 423 g/mol. The van der Waals surface area contributed by atoms with Crippen LogP contribution in [0.1, 0.15) is 42.9 Å². The third-order valence-corrected chi connectivity index (χ3v) is 7.91. The van der Waals surface area contributed by atoms with Crippen molar-refractivity contribution in [1.82, 2.24) is 9.62 Å². The van der Waals surface area contributed by atoms with Crippen LogP contribution in [0.25, 0.3) is 0 Å². The molecule has 1 aliphatic carbocycles. The summed E-state index contributed by atoms with van der Waals surface area (Å²) in [6.45, 7) is 0.639. The molecule has 0 unspecified atom stereocenters. The van der Waals surface area contributed by atoms with E-state index in [0.29, 0.717) is 37.4 Å². The summed E-state index contributed by atoms with van der Waals surface area (Å²) in [7, 11) is -3.61. The van der Waals surface area contributed by atoms with Crippen LogP contribution in [0.3, 0.4) is 0 Å². The van der Waals surface area contributed by atoms with Gasteiger partial charge in [-0.25, -0.2) is 8.42 Å². The molecule has 0 radical (unpaired) electrons. The Labute approximate surface area is 177 Å². The van der Waals surface area contributed by atoms with Crippen molar-refractivity contribution in [3.8, 4) is 6.07 Å². The summed E-state index contributed by atoms with van der Waals surface area (Å²) < 4.78 is 27.2. The van der Waals surface area contributed by atoms with Crippen molar-refractivity contribution in [2.24, 2.45) is 11.8 Å². The summed E-state index contributed by atoms with van der Waals surface area (Å²) >= 11 is 0. The maximum Gasteiger partial charge on any atom is 0.243 e. The lowest BCUT2D eigenvalue weighted by Gasteiger charge is -2.31. The summed E-state index contributed by atoms with van der Waals surface area (Å²) in [5.41, 5.74) is 1.56. The molecule has 0 spiro atoms. The average Bonchev–Trinajstić information content (AvgIpc) is 3.63. The maximum absolute atomic E-state index is 12.9. The van der Waals surface area contributed by atoms with E-state index < -0.39 is 10.0 Å². The number of carbonyl (C=O) groups excluding carboxylic acids is 1. The third kappa shape index (κ3) is 4.40. The minimum Gasteiger partial charge on any atom is -0.349 e. The molecule has 7 heteroatoms. The molecule has 1 amide bonds. The Morgan fingerprint density at radius 2 is 1.63 bits per heavy atom. The Balaban J connectivity index is 1.37. The summed E-state index contributed by atoms with van der Waals surface area (Å²) in [5, 5.41) is 12.1. The van der Waals surface area contributed by atoms with Crippen LogP contribution in [0.4, 0.5) is 0 Å². The van der Waals surface area contributed by atoms with Gasteiger partial charge in [-0.15, -0.1) is 0 Å². The normalized spacial score (nSPS) is 19.0. The average molecular weight is 424 g/mol. The highest BCUT2D eigenvalue weighted by molar-refractivity contribution is 7.89. The SMILES string of the molecule is N#Cc1ccc(S(=O)(=O)N2CCC(C(=O)N[C@@H](c3ccccc3)C3CC3)CC2)cc1. The predicted molar refractivity (Wildman–Crippen MR) is 113 cm³/mol. The molecule has 1 N–H and O–H groups in total. The number of sulfonamides is 1. The van der Waals surface area contributed by atoms with E-state index in [1.54, 1.807) is 0 Å². The van der Waals surface area contributed by atoms with Gasteiger partial charge in [0, 0.05) is 19.0 Å². The zero-order valence-electron chi connectivity index (χ0n) is 16.7. The number of amides is 1. The molecule has 2 aliphatic rings. The molecule has 6 nitrogen and oxygen atoms in total. The molecular formula is C23H25N3O3S. The quantitative estimate of drug-likeness (QED) is 0.772. The van der Waals surface area contributed by atoms with Gasteiger partial charge in [-0.3, -0.25) is 4.79 Å². The van der Waals surface area contributed by atoms with Gasteiger partial charge in [0.15, 0.2) is 0 Å². The third-order valence-electron chi connectivity index (χ3n) is 6.00. The smallest absolute Gasteiger partial charge is 0.243 e. The second-order valence-electron chi connectivity index (χ2n) is 8.05. The summed E-state index contributed by atoms with van der Waals surface area (Å²) in [6.07, 6.45) is 3.27. The molecule has 2 aromatic carbocycles. The van der Waals surface area contributed by atoms with Crippen molar-refractivity contribution in [1.29, 1.82) is 5.26 Å². The molecule has 1 saturated carbocycles. The molecule has 30 heavy (non-hydrogen) atoms. The minimum atomic E-state index is -3.61. The molecule has 1 aliphatic heterocycles. The highest BCUT2D eigenvalue weighted by Crippen LogP contribution is 2.41. The number of hydrogen-bond acceptors (Lipinski definition) is 4. The van der Waals surface area contributed by atoms with Gasteiger partial charge in [-0.1, -0.05) is 30.3 Å². The highest BCUT2D eigenvalue weighted by Gasteiger charge is 2.36. The standard InChI is InChI=1S/C23H25N3O3S/c24-16-17-6-10-21(11-7-17)30(28,29)26-14-12-20(13-15-26)23(27)25-22(19-8-9-19)18-4-2-1-3-5-18/h1-7,10-11,19-20,22H,8-9,12-15H2,(H,25,27)/t22-/m0/s1. The summed E-state index contributed by atoms with van der Waals surface area (Å²) in [5.74, 6) is 0.335. The number of rotatable bonds is 6. The molecule has 0 aromatic heterocycles. The van der Waals surface area contributed by atoms with Crippen molar-refractivity contribution >= 4 is 15.9 Å². The van der Waals surface area contributed by atoms with Gasteiger partial charge in [0.05, 0.1) is 22.6 Å². The lowest BCUT2D eigenvalue weighted by Crippen LogP contribution is -2.43. The molecule has 1 heterocycles. The van der Waals surface area contributed by atoms with Crippen molar-refractivity contribution in [2.45, 2.75) is 36.6 Å². The number of piperidine rings is 1. The first-order valence-electron chi connectivity index (χ1n) is 10.3. The predicted octanol–water partition coefficient (Wildman–Crippen LogP) is 3.23. The van der Waals surface area contributed by atoms with Crippen molar-refractivity contribution in [2.75, 3.05) is 13.1 Å². The van der Waals surface area contributed by atoms with Gasteiger partial charge >= 0.3 is 0 Å². The molecule has 1 saturated heterocycles. The Kier molecular flexibility index (Phi) is 5.89. The van der Waals surface area contributed by atoms with E-state index in [9.17, 15) is 13.2 Å². The zero-order valence-corrected chi connectivity index (χ0v) is 17.5. The van der Waals surface area contributed by atoms with Crippen molar-refractivity contribution < 1.29 is 13.2 Å². The number of hydrogen-bond donors (Lipinski definition) is 1. The second kappa shape index (κ2) is 8.58. The Morgan fingerprint density at radius 1 is 1.00 bits per heavy atom. The second-order valence-corrected chi connectivity index (χ2v) is 9.99. The fraction of sp³-hybridized carbons (Fsp3) is 0.391. The minimum absolute atomic E-state index is 0.0196. The van der Waals surface area contributed by atoms with Gasteiger partial charge in [-0.2, -0.15) is 9.57 Å². The van der Waals surface area contributed by atoms with Gasteiger partial charge in [0.25, 0.3) is 0 Å². The number of nitrogens with zero attached hydrogens (tertiary/aromatic N) is 2. The van der Waals surface area contributed by atoms with Crippen LogP contribution < -0.4 is 5.32 Å². The van der Waals surface area contributed by atoms with Crippen LogP contribution in [0.5, 0.6) is 0 Å². The number of nitrogens with one attached hydrogen (secondary N) is 1. The summed E-state index contributed by atoms with van der Waals surface area (Å²) in [6, 6.07) is 18.0. The maximum atomic E-state index is 12.9. The Bertz CT molecular complexity index is 1030. The van der Waals surface area contributed by atoms with Crippen LogP contribution in [-0.4, -0.2) is 31.7 Å². The van der Waals surface area contributed by atoms with E-state index in [4.69, 9.17) is 5.26 Å².